The quantitative estimate of drug-likeness (QED) is 0.187. The lowest BCUT2D eigenvalue weighted by molar-refractivity contribution is -0.113. The first-order valence-corrected chi connectivity index (χ1v) is 16.6. The number of methoxy groups -OCH3 is 4. The fourth-order valence-electron chi connectivity index (χ4n) is 5.85. The minimum absolute atomic E-state index is 0.220. The Labute approximate surface area is 293 Å². The molecule has 11 heteroatoms. The average Bonchev–Trinajstić information content (AvgIpc) is 3.44. The number of fused-ring (bicyclic) bond motifs is 1. The molecule has 0 spiro atoms. The third-order valence-corrected chi connectivity index (χ3v) is 9.38. The molecule has 0 bridgehead atoms. The topological polar surface area (TPSA) is 110 Å². The lowest BCUT2D eigenvalue weighted by Gasteiger charge is -2.26. The second-order valence-electron chi connectivity index (χ2n) is 11.5. The van der Waals surface area contributed by atoms with Crippen molar-refractivity contribution >= 4 is 29.0 Å². The van der Waals surface area contributed by atoms with Gasteiger partial charge in [-0.3, -0.25) is 14.2 Å². The van der Waals surface area contributed by atoms with E-state index in [2.05, 4.69) is 5.32 Å². The highest BCUT2D eigenvalue weighted by Gasteiger charge is 2.33. The van der Waals surface area contributed by atoms with Crippen molar-refractivity contribution in [2.75, 3.05) is 33.8 Å². The summed E-state index contributed by atoms with van der Waals surface area (Å²) in [6, 6.07) is 25.1. The number of ether oxygens (including phenoxy) is 5. The number of anilines is 1. The van der Waals surface area contributed by atoms with Crippen LogP contribution in [0.25, 0.3) is 6.08 Å². The highest BCUT2D eigenvalue weighted by molar-refractivity contribution is 7.07. The van der Waals surface area contributed by atoms with Crippen LogP contribution in [0.3, 0.4) is 0 Å². The van der Waals surface area contributed by atoms with Crippen LogP contribution < -0.4 is 43.9 Å². The molecule has 6 rings (SSSR count). The van der Waals surface area contributed by atoms with Gasteiger partial charge in [0.05, 0.1) is 50.3 Å². The molecule has 0 radical (unpaired) electrons. The number of nitrogens with zero attached hydrogens (tertiary/aromatic N) is 2. The predicted molar refractivity (Wildman–Crippen MR) is 193 cm³/mol. The molecular weight excluding hydrogens is 655 g/mol. The van der Waals surface area contributed by atoms with Crippen LogP contribution in [0.1, 0.15) is 35.2 Å². The number of aryl methyl sites for hydroxylation is 1. The van der Waals surface area contributed by atoms with E-state index in [1.54, 1.807) is 52.1 Å². The molecule has 1 aliphatic rings. The molecule has 5 aromatic rings. The van der Waals surface area contributed by atoms with E-state index in [1.807, 2.05) is 85.8 Å². The number of rotatable bonds is 11. The molecule has 0 saturated heterocycles. The van der Waals surface area contributed by atoms with Gasteiger partial charge < -0.3 is 29.0 Å². The van der Waals surface area contributed by atoms with Crippen LogP contribution in [-0.4, -0.2) is 38.9 Å². The highest BCUT2D eigenvalue weighted by atomic mass is 32.1. The van der Waals surface area contributed by atoms with Gasteiger partial charge in [-0.1, -0.05) is 47.7 Å². The molecule has 1 aromatic heterocycles. The van der Waals surface area contributed by atoms with Crippen LogP contribution >= 0.6 is 11.3 Å². The van der Waals surface area contributed by atoms with Gasteiger partial charge in [-0.2, -0.15) is 0 Å². The van der Waals surface area contributed by atoms with E-state index in [0.717, 1.165) is 22.3 Å². The van der Waals surface area contributed by atoms with E-state index < -0.39 is 6.04 Å². The van der Waals surface area contributed by atoms with Crippen molar-refractivity contribution in [3.05, 3.63) is 138 Å². The third-order valence-electron chi connectivity index (χ3n) is 8.40. The number of para-hydroxylation sites is 1. The number of benzene rings is 4. The van der Waals surface area contributed by atoms with Gasteiger partial charge >= 0.3 is 0 Å². The summed E-state index contributed by atoms with van der Waals surface area (Å²) in [4.78, 5) is 33.4. The third kappa shape index (κ3) is 6.85. The van der Waals surface area contributed by atoms with Gasteiger partial charge in [0, 0.05) is 11.3 Å². The summed E-state index contributed by atoms with van der Waals surface area (Å²) >= 11 is 1.26. The van der Waals surface area contributed by atoms with Crippen molar-refractivity contribution in [2.45, 2.75) is 26.5 Å². The molecular formula is C39H37N3O7S. The number of thiazole rings is 1. The van der Waals surface area contributed by atoms with Crippen LogP contribution in [0.15, 0.2) is 106 Å². The first-order valence-electron chi connectivity index (χ1n) is 15.8. The molecule has 50 heavy (non-hydrogen) atoms. The largest absolute Gasteiger partial charge is 0.497 e. The number of amides is 1. The van der Waals surface area contributed by atoms with Crippen molar-refractivity contribution in [1.82, 2.24) is 4.57 Å². The summed E-state index contributed by atoms with van der Waals surface area (Å²) in [7, 11) is 6.37. The maximum absolute atomic E-state index is 14.3. The molecule has 1 amide bonds. The Balaban J connectivity index is 1.38. The van der Waals surface area contributed by atoms with Crippen molar-refractivity contribution in [1.29, 1.82) is 0 Å². The average molecular weight is 692 g/mol. The zero-order valence-corrected chi connectivity index (χ0v) is 29.4. The van der Waals surface area contributed by atoms with Crippen LogP contribution in [0.2, 0.25) is 0 Å². The lowest BCUT2D eigenvalue weighted by atomic mass is 9.94. The molecule has 0 aliphatic carbocycles. The lowest BCUT2D eigenvalue weighted by Crippen LogP contribution is -2.40. The minimum Gasteiger partial charge on any atom is -0.497 e. The van der Waals surface area contributed by atoms with Crippen molar-refractivity contribution in [2.24, 2.45) is 4.99 Å². The monoisotopic (exact) mass is 691 g/mol. The maximum Gasteiger partial charge on any atom is 0.271 e. The molecule has 2 heterocycles. The van der Waals surface area contributed by atoms with Crippen LogP contribution in [0, 0.1) is 6.92 Å². The molecule has 1 N–H and O–H groups in total. The van der Waals surface area contributed by atoms with E-state index in [0.29, 0.717) is 55.0 Å². The van der Waals surface area contributed by atoms with Crippen LogP contribution in [0.4, 0.5) is 5.69 Å². The number of hydrogen-bond acceptors (Lipinski definition) is 9. The second-order valence-corrected chi connectivity index (χ2v) is 12.5. The van der Waals surface area contributed by atoms with Gasteiger partial charge in [0.25, 0.3) is 11.5 Å². The highest BCUT2D eigenvalue weighted by Crippen LogP contribution is 2.34. The molecule has 4 aromatic carbocycles. The van der Waals surface area contributed by atoms with Crippen LogP contribution in [-0.2, 0) is 11.4 Å². The van der Waals surface area contributed by atoms with E-state index in [-0.39, 0.29) is 18.1 Å². The molecule has 1 atom stereocenters. The Bertz CT molecular complexity index is 2280. The summed E-state index contributed by atoms with van der Waals surface area (Å²) in [5.74, 6) is 2.69. The predicted octanol–water partition coefficient (Wildman–Crippen LogP) is 5.80. The van der Waals surface area contributed by atoms with E-state index in [4.69, 9.17) is 28.7 Å². The summed E-state index contributed by atoms with van der Waals surface area (Å²) in [6.07, 6.45) is 1.79. The summed E-state index contributed by atoms with van der Waals surface area (Å²) < 4.78 is 30.3. The van der Waals surface area contributed by atoms with Gasteiger partial charge in [-0.15, -0.1) is 0 Å². The van der Waals surface area contributed by atoms with Crippen LogP contribution in [0.5, 0.6) is 28.7 Å². The number of nitrogens with one attached hydrogen (secondary N) is 1. The minimum atomic E-state index is -0.745. The number of aromatic nitrogens is 1. The maximum atomic E-state index is 14.3. The first kappa shape index (κ1) is 34.1. The molecule has 0 unspecified atom stereocenters. The van der Waals surface area contributed by atoms with E-state index in [9.17, 15) is 9.59 Å². The number of carbonyl (C=O) groups is 1. The zero-order chi connectivity index (χ0) is 35.4. The van der Waals surface area contributed by atoms with E-state index >= 15 is 0 Å². The fraction of sp³-hybridized carbons (Fsp3) is 0.205. The van der Waals surface area contributed by atoms with Crippen molar-refractivity contribution in [3.8, 4) is 28.7 Å². The van der Waals surface area contributed by atoms with Gasteiger partial charge in [0.2, 0.25) is 0 Å². The Hall–Kier alpha value is -5.81. The molecule has 256 valence electrons. The van der Waals surface area contributed by atoms with Gasteiger partial charge in [0.15, 0.2) is 16.3 Å². The Morgan fingerprint density at radius 3 is 2.30 bits per heavy atom. The number of allylic oxidation sites excluding steroid dienone is 1. The normalized spacial score (nSPS) is 14.0. The van der Waals surface area contributed by atoms with Gasteiger partial charge in [-0.25, -0.2) is 4.99 Å². The smallest absolute Gasteiger partial charge is 0.271 e. The standard InChI is InChI=1S/C39H37N3O7S/c1-23-12-14-26(21-32(23)47-5)36-35(37(43)41-28-10-8-7-9-11-28)24(2)40-39-42(36)38(44)34(50-39)19-25-13-16-31(33(18-25)48-6)49-22-27-20-29(45-3)15-17-30(27)46-4/h7-21,36H,22H2,1-6H3,(H,41,43)/b34-19-/t36-/m1/s1. The zero-order valence-electron chi connectivity index (χ0n) is 28.6. The molecule has 0 fully saturated rings. The first-order chi connectivity index (χ1) is 24.2. The van der Waals surface area contributed by atoms with Crippen molar-refractivity contribution in [3.63, 3.8) is 0 Å². The molecule has 10 nitrogen and oxygen atoms in total. The summed E-state index contributed by atoms with van der Waals surface area (Å²) in [5.41, 5.74) is 4.45. The molecule has 0 saturated carbocycles. The Kier molecular flexibility index (Phi) is 10.1. The van der Waals surface area contributed by atoms with Gasteiger partial charge in [-0.05, 0) is 85.1 Å². The Morgan fingerprint density at radius 2 is 1.58 bits per heavy atom. The van der Waals surface area contributed by atoms with E-state index in [1.165, 1.54) is 11.3 Å². The number of carbonyl (C=O) groups excluding carboxylic acids is 1. The number of hydrogen-bond donors (Lipinski definition) is 1. The summed E-state index contributed by atoms with van der Waals surface area (Å²) in [6.45, 7) is 3.95. The Morgan fingerprint density at radius 1 is 0.840 bits per heavy atom. The fourth-order valence-corrected chi connectivity index (χ4v) is 6.90. The van der Waals surface area contributed by atoms with Crippen molar-refractivity contribution < 1.29 is 28.5 Å². The SMILES string of the molecule is COc1ccc(OC)c(COc2ccc(/C=c3\sc4n(c3=O)[C@H](c3ccc(C)c(OC)c3)C(C(=O)Nc3ccccc3)=C(C)N=4)cc2OC)c1. The van der Waals surface area contributed by atoms with Gasteiger partial charge in [0.1, 0.15) is 23.9 Å². The molecule has 1 aliphatic heterocycles. The summed E-state index contributed by atoms with van der Waals surface area (Å²) in [5, 5.41) is 2.98. The second kappa shape index (κ2) is 14.8.